The van der Waals surface area contributed by atoms with Crippen molar-refractivity contribution < 1.29 is 8.42 Å². The van der Waals surface area contributed by atoms with Crippen molar-refractivity contribution in [2.75, 3.05) is 4.72 Å². The second-order valence-corrected chi connectivity index (χ2v) is 7.05. The summed E-state index contributed by atoms with van der Waals surface area (Å²) in [7, 11) is -3.55. The molecule has 0 saturated carbocycles. The van der Waals surface area contributed by atoms with Crippen molar-refractivity contribution in [1.82, 2.24) is 4.98 Å². The number of hydrogen-bond acceptors (Lipinski definition) is 4. The minimum atomic E-state index is -3.55. The summed E-state index contributed by atoms with van der Waals surface area (Å²) in [6.45, 7) is 1.76. The van der Waals surface area contributed by atoms with Gasteiger partial charge in [-0.2, -0.15) is 0 Å². The van der Waals surface area contributed by atoms with Gasteiger partial charge in [0, 0.05) is 11.6 Å². The molecule has 0 atom stereocenters. The maximum absolute atomic E-state index is 12.0. The Labute approximate surface area is 115 Å². The third-order valence-corrected chi connectivity index (χ3v) is 5.26. The van der Waals surface area contributed by atoms with Crippen LogP contribution >= 0.6 is 22.9 Å². The van der Waals surface area contributed by atoms with Crippen molar-refractivity contribution in [2.24, 2.45) is 0 Å². The molecule has 4 nitrogen and oxygen atoms in total. The number of sulfonamides is 1. The lowest BCUT2D eigenvalue weighted by atomic mass is 10.2. The Morgan fingerprint density at radius 2 is 2.22 bits per heavy atom. The Bertz CT molecular complexity index is 653. The van der Waals surface area contributed by atoms with Gasteiger partial charge in [-0.05, 0) is 24.6 Å². The molecule has 0 unspecified atom stereocenters. The van der Waals surface area contributed by atoms with E-state index in [2.05, 4.69) is 9.71 Å². The van der Waals surface area contributed by atoms with Gasteiger partial charge in [-0.15, -0.1) is 22.9 Å². The van der Waals surface area contributed by atoms with Gasteiger partial charge in [-0.25, -0.2) is 13.4 Å². The van der Waals surface area contributed by atoms with Crippen LogP contribution in [0.25, 0.3) is 0 Å². The van der Waals surface area contributed by atoms with Gasteiger partial charge in [0.15, 0.2) is 4.21 Å². The predicted octanol–water partition coefficient (Wildman–Crippen LogP) is 2.99. The minimum Gasteiger partial charge on any atom is -0.279 e. The number of benzene rings is 1. The number of hydrogen-bond donors (Lipinski definition) is 1. The second kappa shape index (κ2) is 5.26. The molecular weight excluding hydrogens is 292 g/mol. The molecule has 0 aliphatic rings. The summed E-state index contributed by atoms with van der Waals surface area (Å²) >= 11 is 6.84. The standard InChI is InChI=1S/C11H11ClN2O2S2/c1-8-13-7-11(17-8)18(15,16)14-10-4-2-3-9(5-10)6-12/h2-5,7,14H,6H2,1H3. The largest absolute Gasteiger partial charge is 0.279 e. The molecular formula is C11H11ClN2O2S2. The van der Waals surface area contributed by atoms with Crippen LogP contribution in [0.15, 0.2) is 34.7 Å². The molecule has 0 radical (unpaired) electrons. The average Bonchev–Trinajstić information content (AvgIpc) is 2.76. The molecule has 0 bridgehead atoms. The van der Waals surface area contributed by atoms with E-state index < -0.39 is 10.0 Å². The summed E-state index contributed by atoms with van der Waals surface area (Å²) < 4.78 is 26.8. The third-order valence-electron chi connectivity index (χ3n) is 2.20. The molecule has 0 aliphatic heterocycles. The van der Waals surface area contributed by atoms with E-state index in [0.717, 1.165) is 16.9 Å². The Kier molecular flexibility index (Phi) is 3.89. The van der Waals surface area contributed by atoms with Gasteiger partial charge < -0.3 is 0 Å². The van der Waals surface area contributed by atoms with Crippen LogP contribution in [-0.2, 0) is 15.9 Å². The average molecular weight is 303 g/mol. The van der Waals surface area contributed by atoms with Gasteiger partial charge in [0.25, 0.3) is 10.0 Å². The van der Waals surface area contributed by atoms with Crippen molar-refractivity contribution >= 4 is 38.6 Å². The SMILES string of the molecule is Cc1ncc(S(=O)(=O)Nc2cccc(CCl)c2)s1. The van der Waals surface area contributed by atoms with Gasteiger partial charge in [0.05, 0.1) is 11.2 Å². The predicted molar refractivity (Wildman–Crippen MR) is 73.7 cm³/mol. The molecule has 96 valence electrons. The highest BCUT2D eigenvalue weighted by atomic mass is 35.5. The van der Waals surface area contributed by atoms with Gasteiger partial charge in [0.1, 0.15) is 0 Å². The lowest BCUT2D eigenvalue weighted by molar-refractivity contribution is 0.603. The summed E-state index contributed by atoms with van der Waals surface area (Å²) in [5, 5.41) is 0.713. The first kappa shape index (κ1) is 13.3. The highest BCUT2D eigenvalue weighted by molar-refractivity contribution is 7.94. The van der Waals surface area contributed by atoms with Crippen LogP contribution in [0, 0.1) is 6.92 Å². The van der Waals surface area contributed by atoms with E-state index in [4.69, 9.17) is 11.6 Å². The number of thiazole rings is 1. The highest BCUT2D eigenvalue weighted by Crippen LogP contribution is 2.22. The van der Waals surface area contributed by atoms with E-state index in [1.807, 2.05) is 6.07 Å². The topological polar surface area (TPSA) is 59.1 Å². The Morgan fingerprint density at radius 3 is 2.83 bits per heavy atom. The second-order valence-electron chi connectivity index (χ2n) is 3.64. The van der Waals surface area contributed by atoms with Gasteiger partial charge >= 0.3 is 0 Å². The number of aryl methyl sites for hydroxylation is 1. The fourth-order valence-electron chi connectivity index (χ4n) is 1.39. The van der Waals surface area contributed by atoms with Crippen molar-refractivity contribution in [3.05, 3.63) is 41.0 Å². The number of anilines is 1. The summed E-state index contributed by atoms with van der Waals surface area (Å²) in [4.78, 5) is 3.94. The molecule has 2 rings (SSSR count). The first-order valence-corrected chi connectivity index (χ1v) is 7.95. The lowest BCUT2D eigenvalue weighted by Crippen LogP contribution is -2.11. The first-order chi connectivity index (χ1) is 8.51. The van der Waals surface area contributed by atoms with Crippen LogP contribution in [0.3, 0.4) is 0 Å². The van der Waals surface area contributed by atoms with Crippen LogP contribution in [0.5, 0.6) is 0 Å². The van der Waals surface area contributed by atoms with Crippen molar-refractivity contribution in [3.63, 3.8) is 0 Å². The van der Waals surface area contributed by atoms with Crippen molar-refractivity contribution in [2.45, 2.75) is 17.0 Å². The molecule has 2 aromatic rings. The monoisotopic (exact) mass is 302 g/mol. The number of nitrogens with one attached hydrogen (secondary N) is 1. The van der Waals surface area contributed by atoms with Gasteiger partial charge in [0.2, 0.25) is 0 Å². The number of rotatable bonds is 4. The Morgan fingerprint density at radius 1 is 1.44 bits per heavy atom. The molecule has 1 aromatic heterocycles. The van der Waals surface area contributed by atoms with E-state index in [1.54, 1.807) is 25.1 Å². The molecule has 0 amide bonds. The summed E-state index contributed by atoms with van der Waals surface area (Å²) in [6.07, 6.45) is 1.35. The molecule has 0 saturated heterocycles. The van der Waals surface area contributed by atoms with E-state index in [1.165, 1.54) is 6.20 Å². The van der Waals surface area contributed by atoms with E-state index in [-0.39, 0.29) is 4.21 Å². The van der Waals surface area contributed by atoms with Crippen LogP contribution < -0.4 is 4.72 Å². The quantitative estimate of drug-likeness (QED) is 0.883. The fourth-order valence-corrected chi connectivity index (χ4v) is 3.71. The van der Waals surface area contributed by atoms with Gasteiger partial charge in [-0.1, -0.05) is 12.1 Å². The Hall–Kier alpha value is -1.11. The smallest absolute Gasteiger partial charge is 0.273 e. The minimum absolute atomic E-state index is 0.205. The van der Waals surface area contributed by atoms with Crippen molar-refractivity contribution in [3.8, 4) is 0 Å². The molecule has 0 spiro atoms. The number of halogens is 1. The zero-order valence-electron chi connectivity index (χ0n) is 9.55. The molecule has 7 heteroatoms. The van der Waals surface area contributed by atoms with Crippen molar-refractivity contribution in [1.29, 1.82) is 0 Å². The summed E-state index contributed by atoms with van der Waals surface area (Å²) in [5.74, 6) is 0.342. The molecule has 1 heterocycles. The molecule has 18 heavy (non-hydrogen) atoms. The van der Waals surface area contributed by atoms with E-state index >= 15 is 0 Å². The van der Waals surface area contributed by atoms with Crippen LogP contribution in [0.4, 0.5) is 5.69 Å². The zero-order valence-corrected chi connectivity index (χ0v) is 11.9. The van der Waals surface area contributed by atoms with E-state index in [0.29, 0.717) is 16.6 Å². The molecule has 1 aromatic carbocycles. The first-order valence-electron chi connectivity index (χ1n) is 5.11. The maximum atomic E-state index is 12.0. The van der Waals surface area contributed by atoms with Crippen LogP contribution in [0.2, 0.25) is 0 Å². The zero-order chi connectivity index (χ0) is 13.2. The molecule has 0 fully saturated rings. The number of nitrogens with zero attached hydrogens (tertiary/aromatic N) is 1. The lowest BCUT2D eigenvalue weighted by Gasteiger charge is -2.06. The van der Waals surface area contributed by atoms with Crippen LogP contribution in [0.1, 0.15) is 10.6 Å². The van der Waals surface area contributed by atoms with Gasteiger partial charge in [-0.3, -0.25) is 4.72 Å². The Balaban J connectivity index is 2.27. The van der Waals surface area contributed by atoms with E-state index in [9.17, 15) is 8.42 Å². The summed E-state index contributed by atoms with van der Waals surface area (Å²) in [5.41, 5.74) is 1.36. The third kappa shape index (κ3) is 3.01. The molecule has 0 aliphatic carbocycles. The number of aromatic nitrogens is 1. The normalized spacial score (nSPS) is 11.4. The highest BCUT2D eigenvalue weighted by Gasteiger charge is 2.17. The molecule has 1 N–H and O–H groups in total. The maximum Gasteiger partial charge on any atom is 0.273 e. The summed E-state index contributed by atoms with van der Waals surface area (Å²) in [6, 6.07) is 6.98. The fraction of sp³-hybridized carbons (Fsp3) is 0.182. The number of alkyl halides is 1. The van der Waals surface area contributed by atoms with Crippen LogP contribution in [-0.4, -0.2) is 13.4 Å².